The van der Waals surface area contributed by atoms with Crippen molar-refractivity contribution in [2.45, 2.75) is 6.92 Å². The van der Waals surface area contributed by atoms with Crippen LogP contribution in [0.5, 0.6) is 0 Å². The highest BCUT2D eigenvalue weighted by Crippen LogP contribution is 2.34. The number of benzene rings is 2. The maximum Gasteiger partial charge on any atom is 0.330 e. The number of rotatable bonds is 2. The van der Waals surface area contributed by atoms with Crippen molar-refractivity contribution in [1.29, 1.82) is 0 Å². The molecule has 7 heteroatoms. The number of aryl methyl sites for hydroxylation is 2. The lowest BCUT2D eigenvalue weighted by atomic mass is 9.91. The molecule has 0 saturated heterocycles. The van der Waals surface area contributed by atoms with Crippen molar-refractivity contribution in [3.63, 3.8) is 0 Å². The molecule has 0 N–H and O–H groups in total. The summed E-state index contributed by atoms with van der Waals surface area (Å²) in [4.78, 5) is 52.4. The highest BCUT2D eigenvalue weighted by atomic mass is 16.2. The summed E-state index contributed by atoms with van der Waals surface area (Å²) in [6, 6.07) is 13.9. The average molecular weight is 401 g/mol. The first-order valence-corrected chi connectivity index (χ1v) is 9.33. The van der Waals surface area contributed by atoms with Gasteiger partial charge in [-0.2, -0.15) is 0 Å². The third-order valence-electron chi connectivity index (χ3n) is 5.21. The third-order valence-corrected chi connectivity index (χ3v) is 5.21. The van der Waals surface area contributed by atoms with Crippen LogP contribution >= 0.6 is 0 Å². The fraction of sp³-hybridized carbons (Fsp3) is 0.130. The first kappa shape index (κ1) is 19.3. The zero-order valence-corrected chi connectivity index (χ0v) is 16.7. The molecule has 30 heavy (non-hydrogen) atoms. The Labute approximate surface area is 172 Å². The minimum Gasteiger partial charge on any atom is -0.303 e. The second-order valence-corrected chi connectivity index (χ2v) is 7.18. The molecule has 0 radical (unpaired) electrons. The van der Waals surface area contributed by atoms with Gasteiger partial charge in [-0.05, 0) is 36.3 Å². The number of hydrogen-bond acceptors (Lipinski definition) is 4. The molecule has 0 unspecified atom stereocenters. The molecular weight excluding hydrogens is 382 g/mol. The van der Waals surface area contributed by atoms with Gasteiger partial charge in [0, 0.05) is 31.4 Å². The number of fused-ring (bicyclic) bond motifs is 1. The van der Waals surface area contributed by atoms with E-state index in [1.807, 2.05) is 19.1 Å². The maximum atomic E-state index is 13.5. The van der Waals surface area contributed by atoms with Crippen molar-refractivity contribution in [3.05, 3.63) is 97.8 Å². The summed E-state index contributed by atoms with van der Waals surface area (Å²) in [6.45, 7) is 1.82. The molecule has 0 aliphatic carbocycles. The van der Waals surface area contributed by atoms with Gasteiger partial charge >= 0.3 is 5.69 Å². The van der Waals surface area contributed by atoms with Crippen molar-refractivity contribution in [1.82, 2.24) is 9.13 Å². The summed E-state index contributed by atoms with van der Waals surface area (Å²) < 4.78 is 2.26. The predicted molar refractivity (Wildman–Crippen MR) is 114 cm³/mol. The van der Waals surface area contributed by atoms with E-state index in [1.54, 1.807) is 36.4 Å². The van der Waals surface area contributed by atoms with Crippen LogP contribution in [0.3, 0.4) is 0 Å². The van der Waals surface area contributed by atoms with E-state index >= 15 is 0 Å². The molecule has 0 bridgehead atoms. The molecule has 2 heterocycles. The third kappa shape index (κ3) is 2.91. The minimum absolute atomic E-state index is 0.178. The van der Waals surface area contributed by atoms with Gasteiger partial charge in [-0.3, -0.25) is 19.0 Å². The number of hydrogen-bond donors (Lipinski definition) is 0. The topological polar surface area (TPSA) is 81.4 Å². The predicted octanol–water partition coefficient (Wildman–Crippen LogP) is 2.12. The van der Waals surface area contributed by atoms with E-state index in [9.17, 15) is 19.2 Å². The molecule has 4 rings (SSSR count). The van der Waals surface area contributed by atoms with E-state index in [4.69, 9.17) is 0 Å². The van der Waals surface area contributed by atoms with Crippen LogP contribution in [0.4, 0.5) is 5.69 Å². The Bertz CT molecular complexity index is 1360. The Morgan fingerprint density at radius 2 is 1.43 bits per heavy atom. The molecule has 3 aromatic rings. The number of nitrogens with zero attached hydrogens (tertiary/aromatic N) is 3. The van der Waals surface area contributed by atoms with Crippen LogP contribution in [0.25, 0.3) is 11.6 Å². The molecule has 2 amide bonds. The Morgan fingerprint density at radius 1 is 0.800 bits per heavy atom. The van der Waals surface area contributed by atoms with Crippen molar-refractivity contribution in [3.8, 4) is 0 Å². The lowest BCUT2D eigenvalue weighted by Crippen LogP contribution is -2.42. The van der Waals surface area contributed by atoms with Crippen LogP contribution in [0.15, 0.2) is 64.3 Å². The largest absolute Gasteiger partial charge is 0.330 e. The van der Waals surface area contributed by atoms with Crippen LogP contribution in [0, 0.1) is 6.92 Å². The van der Waals surface area contributed by atoms with Gasteiger partial charge in [0.05, 0.1) is 11.3 Å². The SMILES string of the molecule is Cc1ccccc1N1C(=O)/C(=C\c2cn(C)c(=O)n(C)c2=O)c2ccccc2C1=O. The number of imide groups is 1. The van der Waals surface area contributed by atoms with Gasteiger partial charge < -0.3 is 4.57 Å². The Hall–Kier alpha value is -4.00. The van der Waals surface area contributed by atoms with Gasteiger partial charge in [-0.15, -0.1) is 0 Å². The lowest BCUT2D eigenvalue weighted by molar-refractivity contribution is -0.112. The number of anilines is 1. The Balaban J connectivity index is 1.99. The van der Waals surface area contributed by atoms with Crippen LogP contribution in [-0.2, 0) is 18.9 Å². The quantitative estimate of drug-likeness (QED) is 0.487. The molecule has 1 aliphatic heterocycles. The van der Waals surface area contributed by atoms with Gasteiger partial charge in [-0.25, -0.2) is 9.69 Å². The monoisotopic (exact) mass is 401 g/mol. The molecule has 1 aromatic heterocycles. The Kier molecular flexibility index (Phi) is 4.58. The molecule has 2 aromatic carbocycles. The van der Waals surface area contributed by atoms with Crippen LogP contribution < -0.4 is 16.1 Å². The summed E-state index contributed by atoms with van der Waals surface area (Å²) in [5.41, 5.74) is 1.49. The second-order valence-electron chi connectivity index (χ2n) is 7.18. The standard InChI is InChI=1S/C23H19N3O4/c1-14-8-4-7-11-19(14)26-21(28)17-10-6-5-9-16(17)18(22(26)29)12-15-13-24(2)23(30)25(3)20(15)27/h4-13H,1-3H3/b18-12-. The molecule has 7 nitrogen and oxygen atoms in total. The number of aromatic nitrogens is 2. The van der Waals surface area contributed by atoms with Gasteiger partial charge in [0.15, 0.2) is 0 Å². The molecule has 150 valence electrons. The van der Waals surface area contributed by atoms with Gasteiger partial charge in [0.2, 0.25) is 0 Å². The number of carbonyl (C=O) groups excluding carboxylic acids is 2. The smallest absolute Gasteiger partial charge is 0.303 e. The summed E-state index contributed by atoms with van der Waals surface area (Å²) in [7, 11) is 2.91. The molecular formula is C23H19N3O4. The summed E-state index contributed by atoms with van der Waals surface area (Å²) in [6.07, 6.45) is 2.84. The minimum atomic E-state index is -0.524. The highest BCUT2D eigenvalue weighted by molar-refractivity contribution is 6.43. The maximum absolute atomic E-state index is 13.5. The van der Waals surface area contributed by atoms with E-state index in [2.05, 4.69) is 0 Å². The van der Waals surface area contributed by atoms with Gasteiger partial charge in [-0.1, -0.05) is 36.4 Å². The summed E-state index contributed by atoms with van der Waals surface area (Å²) >= 11 is 0. The summed E-state index contributed by atoms with van der Waals surface area (Å²) in [5, 5.41) is 0. The van der Waals surface area contributed by atoms with Crippen molar-refractivity contribution in [2.75, 3.05) is 4.90 Å². The first-order chi connectivity index (χ1) is 14.3. The van der Waals surface area contributed by atoms with E-state index in [-0.39, 0.29) is 11.1 Å². The average Bonchev–Trinajstić information content (AvgIpc) is 2.74. The fourth-order valence-corrected chi connectivity index (χ4v) is 3.62. The van der Waals surface area contributed by atoms with Gasteiger partial charge in [0.1, 0.15) is 0 Å². The van der Waals surface area contributed by atoms with Crippen molar-refractivity contribution >= 4 is 29.2 Å². The van der Waals surface area contributed by atoms with Crippen LogP contribution in [-0.4, -0.2) is 20.9 Å². The van der Waals surface area contributed by atoms with E-state index in [0.29, 0.717) is 16.8 Å². The van der Waals surface area contributed by atoms with E-state index < -0.39 is 23.1 Å². The molecule has 0 spiro atoms. The Morgan fingerprint density at radius 3 is 2.13 bits per heavy atom. The van der Waals surface area contributed by atoms with Crippen LogP contribution in [0.1, 0.15) is 27.0 Å². The van der Waals surface area contributed by atoms with Crippen LogP contribution in [0.2, 0.25) is 0 Å². The first-order valence-electron chi connectivity index (χ1n) is 9.33. The van der Waals surface area contributed by atoms with Crippen molar-refractivity contribution in [2.24, 2.45) is 14.1 Å². The van der Waals surface area contributed by atoms with E-state index in [1.165, 1.54) is 30.9 Å². The molecule has 0 saturated carbocycles. The molecule has 0 fully saturated rings. The fourth-order valence-electron chi connectivity index (χ4n) is 3.62. The summed E-state index contributed by atoms with van der Waals surface area (Å²) in [5.74, 6) is -0.945. The second kappa shape index (κ2) is 7.11. The zero-order chi connectivity index (χ0) is 21.6. The normalized spacial score (nSPS) is 14.9. The number of carbonyl (C=O) groups is 2. The van der Waals surface area contributed by atoms with E-state index in [0.717, 1.165) is 15.0 Å². The highest BCUT2D eigenvalue weighted by Gasteiger charge is 2.36. The van der Waals surface area contributed by atoms with Gasteiger partial charge in [0.25, 0.3) is 17.4 Å². The molecule has 1 aliphatic rings. The zero-order valence-electron chi connectivity index (χ0n) is 16.7. The number of amides is 2. The lowest BCUT2D eigenvalue weighted by Gasteiger charge is -2.29. The molecule has 0 atom stereocenters. The number of para-hydroxylation sites is 1. The van der Waals surface area contributed by atoms with Crippen molar-refractivity contribution < 1.29 is 9.59 Å².